The van der Waals surface area contributed by atoms with Crippen molar-refractivity contribution in [3.8, 4) is 0 Å². The van der Waals surface area contributed by atoms with E-state index in [-0.39, 0.29) is 12.1 Å². The molecule has 5 nitrogen and oxygen atoms in total. The summed E-state index contributed by atoms with van der Waals surface area (Å²) in [5.74, 6) is 0. The average Bonchev–Trinajstić information content (AvgIpc) is 2.86. The third kappa shape index (κ3) is 2.18. The fourth-order valence-electron chi connectivity index (χ4n) is 2.76. The predicted octanol–water partition coefficient (Wildman–Crippen LogP) is 0.340. The molecule has 2 fully saturated rings. The standard InChI is InChI=1S/C12H18N4O/c13-12(9-4-14-8-15-5-9)11-6-16-3-1-2-10(16)7-17-11/h4-5,8,10-12H,1-3,6-7,13H2. The summed E-state index contributed by atoms with van der Waals surface area (Å²) in [6.07, 6.45) is 7.68. The maximum absolute atomic E-state index is 6.22. The van der Waals surface area contributed by atoms with Gasteiger partial charge in [-0.05, 0) is 19.4 Å². The van der Waals surface area contributed by atoms with E-state index in [1.165, 1.54) is 25.7 Å². The maximum Gasteiger partial charge on any atom is 0.115 e. The van der Waals surface area contributed by atoms with Crippen LogP contribution in [0.2, 0.25) is 0 Å². The summed E-state index contributed by atoms with van der Waals surface area (Å²) in [7, 11) is 0. The molecular formula is C12H18N4O. The molecule has 3 unspecified atom stereocenters. The van der Waals surface area contributed by atoms with Crippen molar-refractivity contribution >= 4 is 0 Å². The molecule has 0 radical (unpaired) electrons. The van der Waals surface area contributed by atoms with Gasteiger partial charge < -0.3 is 10.5 Å². The summed E-state index contributed by atoms with van der Waals surface area (Å²) < 4.78 is 5.89. The topological polar surface area (TPSA) is 64.3 Å². The first-order chi connectivity index (χ1) is 8.34. The monoisotopic (exact) mass is 234 g/mol. The first kappa shape index (κ1) is 11.1. The number of morpholine rings is 1. The number of hydrogen-bond donors (Lipinski definition) is 1. The summed E-state index contributed by atoms with van der Waals surface area (Å²) in [4.78, 5) is 10.5. The quantitative estimate of drug-likeness (QED) is 0.799. The van der Waals surface area contributed by atoms with Crippen LogP contribution in [0, 0.1) is 0 Å². The van der Waals surface area contributed by atoms with Gasteiger partial charge in [-0.1, -0.05) is 0 Å². The van der Waals surface area contributed by atoms with Crippen molar-refractivity contribution < 1.29 is 4.74 Å². The first-order valence-corrected chi connectivity index (χ1v) is 6.21. The van der Waals surface area contributed by atoms with E-state index in [1.54, 1.807) is 12.4 Å². The SMILES string of the molecule is NC(c1cncnc1)C1CN2CCCC2CO1. The molecule has 0 amide bonds. The number of nitrogens with two attached hydrogens (primary N) is 1. The summed E-state index contributed by atoms with van der Waals surface area (Å²) >= 11 is 0. The Morgan fingerprint density at radius 3 is 3.06 bits per heavy atom. The lowest BCUT2D eigenvalue weighted by Gasteiger charge is -2.37. The lowest BCUT2D eigenvalue weighted by atomic mass is 10.0. The highest BCUT2D eigenvalue weighted by molar-refractivity contribution is 5.11. The minimum atomic E-state index is -0.127. The van der Waals surface area contributed by atoms with E-state index in [0.717, 1.165) is 18.7 Å². The molecule has 3 atom stereocenters. The van der Waals surface area contributed by atoms with E-state index in [2.05, 4.69) is 14.9 Å². The van der Waals surface area contributed by atoms with Crippen molar-refractivity contribution in [2.45, 2.75) is 31.0 Å². The molecule has 5 heteroatoms. The fraction of sp³-hybridized carbons (Fsp3) is 0.667. The summed E-state index contributed by atoms with van der Waals surface area (Å²) in [5.41, 5.74) is 7.17. The molecule has 3 heterocycles. The van der Waals surface area contributed by atoms with Gasteiger partial charge in [0.15, 0.2) is 0 Å². The Hall–Kier alpha value is -1.04. The van der Waals surface area contributed by atoms with Crippen molar-refractivity contribution in [3.63, 3.8) is 0 Å². The minimum Gasteiger partial charge on any atom is -0.373 e. The molecule has 17 heavy (non-hydrogen) atoms. The van der Waals surface area contributed by atoms with Gasteiger partial charge in [0.05, 0.1) is 18.8 Å². The Morgan fingerprint density at radius 1 is 1.41 bits per heavy atom. The molecule has 2 saturated heterocycles. The Kier molecular flexibility index (Phi) is 3.05. The molecule has 0 saturated carbocycles. The molecule has 2 N–H and O–H groups in total. The lowest BCUT2D eigenvalue weighted by molar-refractivity contribution is -0.0597. The number of hydrogen-bond acceptors (Lipinski definition) is 5. The van der Waals surface area contributed by atoms with E-state index in [1.807, 2.05) is 0 Å². The number of nitrogens with zero attached hydrogens (tertiary/aromatic N) is 3. The molecule has 3 rings (SSSR count). The zero-order valence-corrected chi connectivity index (χ0v) is 9.83. The Bertz CT molecular complexity index is 372. The van der Waals surface area contributed by atoms with Crippen LogP contribution in [0.5, 0.6) is 0 Å². The van der Waals surface area contributed by atoms with Gasteiger partial charge in [0, 0.05) is 30.5 Å². The molecule has 0 aromatic carbocycles. The molecule has 1 aromatic heterocycles. The Labute approximate surface area is 101 Å². The van der Waals surface area contributed by atoms with Crippen LogP contribution in [0.15, 0.2) is 18.7 Å². The first-order valence-electron chi connectivity index (χ1n) is 6.21. The summed E-state index contributed by atoms with van der Waals surface area (Å²) in [6.45, 7) is 2.93. The molecule has 2 aliphatic rings. The van der Waals surface area contributed by atoms with Crippen LogP contribution < -0.4 is 5.73 Å². The average molecular weight is 234 g/mol. The van der Waals surface area contributed by atoms with Crippen molar-refractivity contribution in [3.05, 3.63) is 24.3 Å². The Balaban J connectivity index is 1.69. The van der Waals surface area contributed by atoms with E-state index in [4.69, 9.17) is 10.5 Å². The van der Waals surface area contributed by atoms with Gasteiger partial charge >= 0.3 is 0 Å². The van der Waals surface area contributed by atoms with Crippen LogP contribution in [0.3, 0.4) is 0 Å². The highest BCUT2D eigenvalue weighted by Gasteiger charge is 2.35. The van der Waals surface area contributed by atoms with E-state index < -0.39 is 0 Å². The maximum atomic E-state index is 6.22. The molecule has 0 aliphatic carbocycles. The predicted molar refractivity (Wildman–Crippen MR) is 63.3 cm³/mol. The zero-order chi connectivity index (χ0) is 11.7. The highest BCUT2D eigenvalue weighted by Crippen LogP contribution is 2.27. The van der Waals surface area contributed by atoms with Crippen LogP contribution in [0.25, 0.3) is 0 Å². The van der Waals surface area contributed by atoms with Gasteiger partial charge in [-0.15, -0.1) is 0 Å². The van der Waals surface area contributed by atoms with E-state index >= 15 is 0 Å². The third-order valence-corrected chi connectivity index (χ3v) is 3.78. The van der Waals surface area contributed by atoms with Gasteiger partial charge in [0.2, 0.25) is 0 Å². The largest absolute Gasteiger partial charge is 0.373 e. The van der Waals surface area contributed by atoms with Crippen LogP contribution in [0.1, 0.15) is 24.4 Å². The molecule has 0 spiro atoms. The van der Waals surface area contributed by atoms with Crippen LogP contribution >= 0.6 is 0 Å². The second-order valence-corrected chi connectivity index (χ2v) is 4.86. The Morgan fingerprint density at radius 2 is 2.24 bits per heavy atom. The number of aromatic nitrogens is 2. The van der Waals surface area contributed by atoms with Crippen molar-refractivity contribution in [2.75, 3.05) is 19.7 Å². The van der Waals surface area contributed by atoms with Crippen molar-refractivity contribution in [1.29, 1.82) is 0 Å². The fourth-order valence-corrected chi connectivity index (χ4v) is 2.76. The second-order valence-electron chi connectivity index (χ2n) is 4.86. The van der Waals surface area contributed by atoms with Crippen molar-refractivity contribution in [1.82, 2.24) is 14.9 Å². The molecule has 2 aliphatic heterocycles. The van der Waals surface area contributed by atoms with Gasteiger partial charge in [-0.2, -0.15) is 0 Å². The molecule has 1 aromatic rings. The zero-order valence-electron chi connectivity index (χ0n) is 9.83. The van der Waals surface area contributed by atoms with Gasteiger partial charge in [-0.25, -0.2) is 9.97 Å². The second kappa shape index (κ2) is 4.68. The van der Waals surface area contributed by atoms with Gasteiger partial charge in [0.1, 0.15) is 6.33 Å². The van der Waals surface area contributed by atoms with Crippen LogP contribution in [-0.2, 0) is 4.74 Å². The number of ether oxygens (including phenoxy) is 1. The summed E-state index contributed by atoms with van der Waals surface area (Å²) in [5, 5.41) is 0. The van der Waals surface area contributed by atoms with Crippen LogP contribution in [-0.4, -0.2) is 46.7 Å². The minimum absolute atomic E-state index is 0.0651. The normalized spacial score (nSPS) is 31.1. The number of fused-ring (bicyclic) bond motifs is 1. The highest BCUT2D eigenvalue weighted by atomic mass is 16.5. The van der Waals surface area contributed by atoms with Gasteiger partial charge in [-0.3, -0.25) is 4.90 Å². The number of rotatable bonds is 2. The lowest BCUT2D eigenvalue weighted by Crippen LogP contribution is -2.49. The third-order valence-electron chi connectivity index (χ3n) is 3.78. The van der Waals surface area contributed by atoms with E-state index in [9.17, 15) is 0 Å². The molecule has 92 valence electrons. The van der Waals surface area contributed by atoms with Crippen LogP contribution in [0.4, 0.5) is 0 Å². The summed E-state index contributed by atoms with van der Waals surface area (Å²) in [6, 6.07) is 0.489. The van der Waals surface area contributed by atoms with Crippen molar-refractivity contribution in [2.24, 2.45) is 5.73 Å². The van der Waals surface area contributed by atoms with E-state index in [0.29, 0.717) is 6.04 Å². The molecular weight excluding hydrogens is 216 g/mol. The smallest absolute Gasteiger partial charge is 0.115 e. The molecule has 0 bridgehead atoms. The van der Waals surface area contributed by atoms with Gasteiger partial charge in [0.25, 0.3) is 0 Å².